The zero-order chi connectivity index (χ0) is 36.0. The molecule has 0 saturated heterocycles. The van der Waals surface area contributed by atoms with Crippen LogP contribution in [-0.2, 0) is 14.3 Å². The molecule has 3 aromatic carbocycles. The number of fused-ring (bicyclic) bond motifs is 3. The molecular formula is C42H41N3O5S. The minimum Gasteiger partial charge on any atom is -0.494 e. The minimum absolute atomic E-state index is 0.110. The highest BCUT2D eigenvalue weighted by Crippen LogP contribution is 2.38. The summed E-state index contributed by atoms with van der Waals surface area (Å²) in [7, 11) is 0. The van der Waals surface area contributed by atoms with Crippen molar-refractivity contribution in [3.8, 4) is 27.9 Å². The van der Waals surface area contributed by atoms with Gasteiger partial charge in [0.1, 0.15) is 11.8 Å². The molecule has 0 atom stereocenters. The Morgan fingerprint density at radius 3 is 2.20 bits per heavy atom. The van der Waals surface area contributed by atoms with Gasteiger partial charge in [0.05, 0.1) is 24.2 Å². The summed E-state index contributed by atoms with van der Waals surface area (Å²) in [6.07, 6.45) is 15.7. The number of aromatic nitrogens is 1. The number of thiophene rings is 1. The number of unbranched alkanes of at least 4 members (excludes halogenated alkanes) is 9. The summed E-state index contributed by atoms with van der Waals surface area (Å²) >= 11 is 1.40. The highest BCUT2D eigenvalue weighted by atomic mass is 32.1. The Morgan fingerprint density at radius 1 is 0.882 bits per heavy atom. The van der Waals surface area contributed by atoms with Crippen LogP contribution in [0.3, 0.4) is 0 Å². The second-order valence-electron chi connectivity index (χ2n) is 12.4. The molecule has 0 fully saturated rings. The van der Waals surface area contributed by atoms with Gasteiger partial charge in [-0.15, -0.1) is 11.3 Å². The standard InChI is InChI=1S/C42H41N3O5S/c1-3-4-5-6-7-8-9-10-11-12-23-49-33-17-15-32(16-18-33)45-39-20-13-30(24-34(28-43)50-29-46)25-36(39)37-26-31(14-21-40(37)45)41-22-19-35(51-41)27-38(44-2)42(47)48/h13-22,24-27,29H,3-12,23H2,1H3,(H,47,48)/b34-24+,38-27-. The number of carbonyl (C=O) groups is 2. The molecule has 0 saturated carbocycles. The molecule has 5 aromatic rings. The predicted molar refractivity (Wildman–Crippen MR) is 204 cm³/mol. The Balaban J connectivity index is 1.39. The summed E-state index contributed by atoms with van der Waals surface area (Å²) in [5, 5.41) is 20.6. The quantitative estimate of drug-likeness (QED) is 0.0230. The fraction of sp³-hybridized carbons (Fsp3) is 0.286. The number of hydrogen-bond acceptors (Lipinski definition) is 6. The zero-order valence-corrected chi connectivity index (χ0v) is 29.6. The number of hydrogen-bond donors (Lipinski definition) is 1. The molecule has 0 aliphatic rings. The highest BCUT2D eigenvalue weighted by Gasteiger charge is 2.16. The molecule has 0 aliphatic heterocycles. The molecule has 0 spiro atoms. The normalized spacial score (nSPS) is 11.7. The maximum Gasteiger partial charge on any atom is 0.333 e. The lowest BCUT2D eigenvalue weighted by atomic mass is 10.1. The summed E-state index contributed by atoms with van der Waals surface area (Å²) in [5.41, 5.74) is 4.17. The number of carboxylic acids is 1. The van der Waals surface area contributed by atoms with Crippen molar-refractivity contribution in [1.29, 1.82) is 5.26 Å². The van der Waals surface area contributed by atoms with Crippen molar-refractivity contribution in [3.63, 3.8) is 0 Å². The van der Waals surface area contributed by atoms with Crippen LogP contribution in [0.4, 0.5) is 0 Å². The number of allylic oxidation sites excluding steroid dienone is 1. The molecule has 0 aliphatic carbocycles. The van der Waals surface area contributed by atoms with Crippen LogP contribution in [0.25, 0.3) is 54.9 Å². The maximum absolute atomic E-state index is 11.4. The van der Waals surface area contributed by atoms with E-state index in [-0.39, 0.29) is 17.9 Å². The second-order valence-corrected chi connectivity index (χ2v) is 13.5. The van der Waals surface area contributed by atoms with Crippen molar-refractivity contribution >= 4 is 57.7 Å². The molecule has 2 heterocycles. The molecule has 0 amide bonds. The zero-order valence-electron chi connectivity index (χ0n) is 28.8. The van der Waals surface area contributed by atoms with Crippen LogP contribution in [0.2, 0.25) is 0 Å². The van der Waals surface area contributed by atoms with Crippen molar-refractivity contribution in [2.45, 2.75) is 71.1 Å². The fourth-order valence-electron chi connectivity index (χ4n) is 6.19. The molecule has 51 heavy (non-hydrogen) atoms. The molecule has 0 radical (unpaired) electrons. The van der Waals surface area contributed by atoms with Crippen molar-refractivity contribution in [1.82, 2.24) is 4.57 Å². The topological polar surface area (TPSA) is 106 Å². The maximum atomic E-state index is 11.4. The monoisotopic (exact) mass is 699 g/mol. The Kier molecular flexibility index (Phi) is 13.2. The van der Waals surface area contributed by atoms with Gasteiger partial charge in [-0.2, -0.15) is 5.26 Å². The van der Waals surface area contributed by atoms with Gasteiger partial charge in [-0.05, 0) is 90.4 Å². The summed E-state index contributed by atoms with van der Waals surface area (Å²) in [6, 6.07) is 25.7. The lowest BCUT2D eigenvalue weighted by molar-refractivity contribution is -0.132. The lowest BCUT2D eigenvalue weighted by Gasteiger charge is -2.11. The number of carbonyl (C=O) groups excluding carboxylic acids is 1. The van der Waals surface area contributed by atoms with E-state index in [0.717, 1.165) is 50.1 Å². The van der Waals surface area contributed by atoms with Crippen LogP contribution in [0, 0.1) is 17.9 Å². The molecule has 5 rings (SSSR count). The van der Waals surface area contributed by atoms with E-state index < -0.39 is 5.97 Å². The Hall–Kier alpha value is -5.64. The van der Waals surface area contributed by atoms with Crippen LogP contribution in [0.15, 0.2) is 84.3 Å². The molecule has 9 heteroatoms. The molecule has 2 aromatic heterocycles. The Bertz CT molecular complexity index is 2130. The van der Waals surface area contributed by atoms with Gasteiger partial charge in [-0.25, -0.2) is 4.85 Å². The molecule has 8 nitrogen and oxygen atoms in total. The first-order chi connectivity index (χ1) is 24.9. The van der Waals surface area contributed by atoms with E-state index in [1.165, 1.54) is 81.3 Å². The average molecular weight is 700 g/mol. The highest BCUT2D eigenvalue weighted by molar-refractivity contribution is 7.16. The lowest BCUT2D eigenvalue weighted by Crippen LogP contribution is -1.98. The van der Waals surface area contributed by atoms with Gasteiger partial charge in [0.2, 0.25) is 5.76 Å². The van der Waals surface area contributed by atoms with Gasteiger partial charge >= 0.3 is 5.97 Å². The molecule has 1 N–H and O–H groups in total. The summed E-state index contributed by atoms with van der Waals surface area (Å²) in [4.78, 5) is 27.0. The van der Waals surface area contributed by atoms with Gasteiger partial charge in [0, 0.05) is 26.2 Å². The second kappa shape index (κ2) is 18.4. The van der Waals surface area contributed by atoms with E-state index in [2.05, 4.69) is 40.6 Å². The Morgan fingerprint density at radius 2 is 1.55 bits per heavy atom. The SMILES string of the molecule is [C-]#[N+]/C(=C\c1ccc(-c2ccc3c(c2)c2cc(/C=C(\C#N)OC=O)ccc2n3-c2ccc(OCCCCCCCCCCCC)cc2)s1)C(=O)O. The van der Waals surface area contributed by atoms with Gasteiger partial charge in [0.25, 0.3) is 12.2 Å². The van der Waals surface area contributed by atoms with Gasteiger partial charge in [0.15, 0.2) is 0 Å². The van der Waals surface area contributed by atoms with Crippen molar-refractivity contribution in [3.05, 3.63) is 106 Å². The first-order valence-electron chi connectivity index (χ1n) is 17.4. The summed E-state index contributed by atoms with van der Waals surface area (Å²) in [6.45, 7) is 10.3. The largest absolute Gasteiger partial charge is 0.494 e. The van der Waals surface area contributed by atoms with Crippen LogP contribution in [0.5, 0.6) is 5.75 Å². The number of rotatable bonds is 19. The number of ether oxygens (including phenoxy) is 2. The van der Waals surface area contributed by atoms with Crippen LogP contribution in [-0.4, -0.2) is 28.7 Å². The third-order valence-electron chi connectivity index (χ3n) is 8.76. The number of nitriles is 1. The Labute approximate surface area is 302 Å². The smallest absolute Gasteiger partial charge is 0.333 e. The first-order valence-corrected chi connectivity index (χ1v) is 18.2. The van der Waals surface area contributed by atoms with Gasteiger partial charge in [-0.1, -0.05) is 76.8 Å². The van der Waals surface area contributed by atoms with E-state index in [0.29, 0.717) is 17.0 Å². The molecule has 260 valence electrons. The van der Waals surface area contributed by atoms with E-state index in [9.17, 15) is 20.0 Å². The van der Waals surface area contributed by atoms with E-state index in [4.69, 9.17) is 16.0 Å². The van der Waals surface area contributed by atoms with E-state index in [1.54, 1.807) is 6.07 Å². The van der Waals surface area contributed by atoms with Gasteiger partial charge in [-0.3, -0.25) is 9.59 Å². The van der Waals surface area contributed by atoms with E-state index in [1.807, 2.05) is 48.5 Å². The number of carboxylic acid groups (broad SMARTS) is 1. The van der Waals surface area contributed by atoms with Crippen LogP contribution >= 0.6 is 11.3 Å². The average Bonchev–Trinajstić information content (AvgIpc) is 3.75. The van der Waals surface area contributed by atoms with E-state index >= 15 is 0 Å². The molecular weight excluding hydrogens is 659 g/mol. The third-order valence-corrected chi connectivity index (χ3v) is 9.84. The third kappa shape index (κ3) is 9.54. The first kappa shape index (κ1) is 36.6. The van der Waals surface area contributed by atoms with Gasteiger partial charge < -0.3 is 19.1 Å². The fourth-order valence-corrected chi connectivity index (χ4v) is 7.13. The van der Waals surface area contributed by atoms with Crippen molar-refractivity contribution < 1.29 is 24.2 Å². The molecule has 0 bridgehead atoms. The predicted octanol–water partition coefficient (Wildman–Crippen LogP) is 11.2. The minimum atomic E-state index is -1.26. The number of aliphatic carboxylic acids is 1. The van der Waals surface area contributed by atoms with Crippen LogP contribution in [0.1, 0.15) is 81.6 Å². The number of benzene rings is 3. The van der Waals surface area contributed by atoms with Crippen molar-refractivity contribution in [2.24, 2.45) is 0 Å². The number of nitrogens with zero attached hydrogens (tertiary/aromatic N) is 3. The molecule has 0 unspecified atom stereocenters. The van der Waals surface area contributed by atoms with Crippen LogP contribution < -0.4 is 4.74 Å². The van der Waals surface area contributed by atoms with Crippen molar-refractivity contribution in [2.75, 3.05) is 6.61 Å². The summed E-state index contributed by atoms with van der Waals surface area (Å²) < 4.78 is 13.1. The summed E-state index contributed by atoms with van der Waals surface area (Å²) in [5.74, 6) is -0.538.